The van der Waals surface area contributed by atoms with Gasteiger partial charge in [0.05, 0.1) is 10.2 Å². The number of aryl methyl sites for hydroxylation is 2. The van der Waals surface area contributed by atoms with Gasteiger partial charge in [-0.2, -0.15) is 0 Å². The van der Waals surface area contributed by atoms with Gasteiger partial charge in [0.15, 0.2) is 5.13 Å². The zero-order valence-electron chi connectivity index (χ0n) is 12.1. The van der Waals surface area contributed by atoms with E-state index in [-0.39, 0.29) is 5.91 Å². The van der Waals surface area contributed by atoms with Crippen LogP contribution in [0.2, 0.25) is 0 Å². The molecule has 1 aliphatic rings. The third kappa shape index (κ3) is 2.38. The molecule has 1 aromatic carbocycles. The number of thiazole rings is 1. The molecule has 0 aliphatic carbocycles. The lowest BCUT2D eigenvalue weighted by Gasteiger charge is -2.33. The number of aromatic nitrogens is 1. The van der Waals surface area contributed by atoms with E-state index in [1.54, 1.807) is 18.3 Å². The maximum Gasteiger partial charge on any atom is 0.219 e. The largest absolute Gasteiger partial charge is 0.345 e. The van der Waals surface area contributed by atoms with Crippen molar-refractivity contribution in [2.45, 2.75) is 20.8 Å². The molecule has 1 amide bonds. The molecule has 0 unspecified atom stereocenters. The van der Waals surface area contributed by atoms with E-state index in [4.69, 9.17) is 4.98 Å². The van der Waals surface area contributed by atoms with Crippen LogP contribution in [0.3, 0.4) is 0 Å². The van der Waals surface area contributed by atoms with Crippen molar-refractivity contribution in [2.24, 2.45) is 0 Å². The molecule has 1 saturated heterocycles. The molecule has 2 aromatic rings. The van der Waals surface area contributed by atoms with Gasteiger partial charge < -0.3 is 9.80 Å². The van der Waals surface area contributed by atoms with Gasteiger partial charge in [-0.05, 0) is 37.1 Å². The predicted octanol–water partition coefficient (Wildman–Crippen LogP) is 2.58. The van der Waals surface area contributed by atoms with Crippen LogP contribution in [0.15, 0.2) is 12.1 Å². The monoisotopic (exact) mass is 289 g/mol. The van der Waals surface area contributed by atoms with Crippen LogP contribution in [0, 0.1) is 13.8 Å². The standard InChI is InChI=1S/C15H19N3OS/c1-10-8-13-14(9-11(10)2)20-15(16-13)18-6-4-17(5-7-18)12(3)19/h8-9H,4-7H2,1-3H3. The first kappa shape index (κ1) is 13.4. The number of carbonyl (C=O) groups excluding carboxylic acids is 1. The van der Waals surface area contributed by atoms with E-state index in [1.807, 2.05) is 4.90 Å². The minimum absolute atomic E-state index is 0.167. The molecule has 20 heavy (non-hydrogen) atoms. The Morgan fingerprint density at radius 1 is 1.15 bits per heavy atom. The van der Waals surface area contributed by atoms with Crippen molar-refractivity contribution in [3.8, 4) is 0 Å². The molecule has 3 rings (SSSR count). The maximum atomic E-state index is 11.4. The van der Waals surface area contributed by atoms with Gasteiger partial charge in [-0.3, -0.25) is 4.79 Å². The number of hydrogen-bond acceptors (Lipinski definition) is 4. The van der Waals surface area contributed by atoms with Crippen molar-refractivity contribution < 1.29 is 4.79 Å². The fourth-order valence-electron chi connectivity index (χ4n) is 2.52. The molecule has 0 spiro atoms. The molecule has 1 fully saturated rings. The Bertz CT molecular complexity index is 617. The van der Waals surface area contributed by atoms with Crippen LogP contribution in [0.25, 0.3) is 10.2 Å². The molecule has 0 saturated carbocycles. The normalized spacial score (nSPS) is 15.9. The summed E-state index contributed by atoms with van der Waals surface area (Å²) in [6.45, 7) is 9.24. The number of nitrogens with zero attached hydrogens (tertiary/aromatic N) is 3. The SMILES string of the molecule is CC(=O)N1CCN(c2nc3cc(C)c(C)cc3s2)CC1. The number of hydrogen-bond donors (Lipinski definition) is 0. The van der Waals surface area contributed by atoms with Gasteiger partial charge in [-0.25, -0.2) is 4.98 Å². The Balaban J connectivity index is 1.83. The zero-order valence-corrected chi connectivity index (χ0v) is 13.0. The van der Waals surface area contributed by atoms with E-state index in [0.717, 1.165) is 36.8 Å². The predicted molar refractivity (Wildman–Crippen MR) is 83.6 cm³/mol. The Kier molecular flexibility index (Phi) is 3.38. The lowest BCUT2D eigenvalue weighted by Crippen LogP contribution is -2.48. The number of rotatable bonds is 1. The van der Waals surface area contributed by atoms with E-state index in [0.29, 0.717) is 0 Å². The van der Waals surface area contributed by atoms with E-state index in [1.165, 1.54) is 15.8 Å². The van der Waals surface area contributed by atoms with Gasteiger partial charge in [0.2, 0.25) is 5.91 Å². The summed E-state index contributed by atoms with van der Waals surface area (Å²) in [7, 11) is 0. The van der Waals surface area contributed by atoms with Gasteiger partial charge in [-0.1, -0.05) is 11.3 Å². The molecule has 4 nitrogen and oxygen atoms in total. The highest BCUT2D eigenvalue weighted by molar-refractivity contribution is 7.22. The quantitative estimate of drug-likeness (QED) is 0.809. The number of fused-ring (bicyclic) bond motifs is 1. The summed E-state index contributed by atoms with van der Waals surface area (Å²) in [4.78, 5) is 20.3. The van der Waals surface area contributed by atoms with E-state index in [9.17, 15) is 4.79 Å². The summed E-state index contributed by atoms with van der Waals surface area (Å²) >= 11 is 1.75. The van der Waals surface area contributed by atoms with Crippen molar-refractivity contribution in [1.82, 2.24) is 9.88 Å². The highest BCUT2D eigenvalue weighted by Gasteiger charge is 2.21. The second-order valence-corrected chi connectivity index (χ2v) is 6.40. The molecule has 5 heteroatoms. The molecule has 1 aliphatic heterocycles. The summed E-state index contributed by atoms with van der Waals surface area (Å²) in [5, 5.41) is 1.08. The first-order valence-corrected chi connectivity index (χ1v) is 7.74. The van der Waals surface area contributed by atoms with Crippen LogP contribution in [-0.4, -0.2) is 42.0 Å². The highest BCUT2D eigenvalue weighted by Crippen LogP contribution is 2.31. The minimum atomic E-state index is 0.167. The third-order valence-corrected chi connectivity index (χ3v) is 5.07. The molecule has 0 bridgehead atoms. The van der Waals surface area contributed by atoms with Crippen molar-refractivity contribution in [3.63, 3.8) is 0 Å². The molecule has 1 aromatic heterocycles. The van der Waals surface area contributed by atoms with Crippen LogP contribution in [-0.2, 0) is 4.79 Å². The zero-order chi connectivity index (χ0) is 14.3. The van der Waals surface area contributed by atoms with Gasteiger partial charge >= 0.3 is 0 Å². The van der Waals surface area contributed by atoms with Crippen LogP contribution in [0.5, 0.6) is 0 Å². The number of carbonyl (C=O) groups is 1. The number of amides is 1. The van der Waals surface area contributed by atoms with Crippen LogP contribution in [0.1, 0.15) is 18.1 Å². The molecule has 2 heterocycles. The number of piperazine rings is 1. The maximum absolute atomic E-state index is 11.4. The smallest absolute Gasteiger partial charge is 0.219 e. The van der Waals surface area contributed by atoms with E-state index >= 15 is 0 Å². The summed E-state index contributed by atoms with van der Waals surface area (Å²) in [6, 6.07) is 4.38. The molecule has 0 radical (unpaired) electrons. The number of anilines is 1. The average Bonchev–Trinajstić information content (AvgIpc) is 2.82. The minimum Gasteiger partial charge on any atom is -0.345 e. The Morgan fingerprint density at radius 3 is 2.45 bits per heavy atom. The first-order chi connectivity index (χ1) is 9.54. The van der Waals surface area contributed by atoms with Crippen LogP contribution in [0.4, 0.5) is 5.13 Å². The van der Waals surface area contributed by atoms with Gasteiger partial charge in [0.25, 0.3) is 0 Å². The Labute approximate surface area is 123 Å². The van der Waals surface area contributed by atoms with Crippen molar-refractivity contribution in [2.75, 3.05) is 31.1 Å². The van der Waals surface area contributed by atoms with E-state index < -0.39 is 0 Å². The molecular weight excluding hydrogens is 270 g/mol. The molecule has 0 atom stereocenters. The van der Waals surface area contributed by atoms with Gasteiger partial charge in [0, 0.05) is 33.1 Å². The first-order valence-electron chi connectivity index (χ1n) is 6.93. The number of benzene rings is 1. The fourth-order valence-corrected chi connectivity index (χ4v) is 3.61. The summed E-state index contributed by atoms with van der Waals surface area (Å²) in [6.07, 6.45) is 0. The fraction of sp³-hybridized carbons (Fsp3) is 0.467. The lowest BCUT2D eigenvalue weighted by atomic mass is 10.1. The third-order valence-electron chi connectivity index (χ3n) is 3.99. The summed E-state index contributed by atoms with van der Waals surface area (Å²) < 4.78 is 1.25. The van der Waals surface area contributed by atoms with E-state index in [2.05, 4.69) is 30.9 Å². The van der Waals surface area contributed by atoms with Crippen molar-refractivity contribution in [1.29, 1.82) is 0 Å². The topological polar surface area (TPSA) is 36.4 Å². The average molecular weight is 289 g/mol. The molecule has 106 valence electrons. The van der Waals surface area contributed by atoms with Crippen molar-refractivity contribution in [3.05, 3.63) is 23.3 Å². The van der Waals surface area contributed by atoms with Crippen LogP contribution < -0.4 is 4.90 Å². The Hall–Kier alpha value is -1.62. The summed E-state index contributed by atoms with van der Waals surface area (Å²) in [5.41, 5.74) is 3.69. The highest BCUT2D eigenvalue weighted by atomic mass is 32.1. The summed E-state index contributed by atoms with van der Waals surface area (Å²) in [5.74, 6) is 0.167. The second kappa shape index (κ2) is 5.05. The lowest BCUT2D eigenvalue weighted by molar-refractivity contribution is -0.129. The van der Waals surface area contributed by atoms with Crippen molar-refractivity contribution >= 4 is 32.6 Å². The Morgan fingerprint density at radius 2 is 1.80 bits per heavy atom. The van der Waals surface area contributed by atoms with Crippen LogP contribution >= 0.6 is 11.3 Å². The molecular formula is C15H19N3OS. The van der Waals surface area contributed by atoms with Gasteiger partial charge in [-0.15, -0.1) is 0 Å². The molecule has 0 N–H and O–H groups in total. The second-order valence-electron chi connectivity index (χ2n) is 5.39. The van der Waals surface area contributed by atoms with Gasteiger partial charge in [0.1, 0.15) is 0 Å².